The fraction of sp³-hybridized carbons (Fsp3) is 0.414. The normalized spacial score (nSPS) is 22.6. The molecule has 0 bridgehead atoms. The zero-order valence-corrected chi connectivity index (χ0v) is 22.3. The van der Waals surface area contributed by atoms with E-state index in [0.29, 0.717) is 24.3 Å². The molecule has 2 aliphatic heterocycles. The molecule has 3 aromatic rings. The number of aliphatic imine (C=N–C) groups is 1. The highest BCUT2D eigenvalue weighted by atomic mass is 19.4. The maximum atomic E-state index is 15.8. The Balaban J connectivity index is 1.41. The Hall–Kier alpha value is -3.80. The topological polar surface area (TPSA) is 68.4 Å². The number of halogens is 5. The maximum absolute atomic E-state index is 15.8. The minimum Gasteiger partial charge on any atom is -0.453 e. The molecule has 4 heterocycles. The van der Waals surface area contributed by atoms with Crippen LogP contribution in [0.2, 0.25) is 0 Å². The highest BCUT2D eigenvalue weighted by molar-refractivity contribution is 6.05. The summed E-state index contributed by atoms with van der Waals surface area (Å²) >= 11 is 0. The highest BCUT2D eigenvalue weighted by Gasteiger charge is 2.45. The van der Waals surface area contributed by atoms with Crippen LogP contribution in [-0.4, -0.2) is 65.2 Å². The first-order chi connectivity index (χ1) is 19.5. The van der Waals surface area contributed by atoms with Crippen LogP contribution in [-0.2, 0) is 15.9 Å². The third-order valence-corrected chi connectivity index (χ3v) is 7.87. The van der Waals surface area contributed by atoms with Gasteiger partial charge in [-0.2, -0.15) is 13.2 Å². The van der Waals surface area contributed by atoms with Crippen LogP contribution in [0, 0.1) is 30.4 Å². The third kappa shape index (κ3) is 5.20. The summed E-state index contributed by atoms with van der Waals surface area (Å²) in [5.74, 6) is -2.23. The van der Waals surface area contributed by atoms with E-state index in [2.05, 4.69) is 9.98 Å². The van der Waals surface area contributed by atoms with Crippen LogP contribution in [0.25, 0.3) is 16.9 Å². The summed E-state index contributed by atoms with van der Waals surface area (Å²) in [7, 11) is 1.29. The summed E-state index contributed by atoms with van der Waals surface area (Å²) < 4.78 is 84.5. The first-order valence-corrected chi connectivity index (χ1v) is 13.3. The number of allylic oxidation sites excluding steroid dienone is 2. The molecule has 3 aliphatic rings. The van der Waals surface area contributed by atoms with E-state index in [1.807, 2.05) is 13.0 Å². The average Bonchev–Trinajstić information content (AvgIpc) is 3.64. The molecule has 7 nitrogen and oxygen atoms in total. The summed E-state index contributed by atoms with van der Waals surface area (Å²) in [5, 5.41) is 0. The second-order valence-corrected chi connectivity index (χ2v) is 10.7. The number of hydrogen-bond acceptors (Lipinski definition) is 5. The quantitative estimate of drug-likeness (QED) is 0.366. The zero-order chi connectivity index (χ0) is 29.1. The van der Waals surface area contributed by atoms with Crippen molar-refractivity contribution in [1.82, 2.24) is 14.3 Å². The molecule has 0 spiro atoms. The number of carbonyl (C=O) groups is 1. The molecule has 41 heavy (non-hydrogen) atoms. The number of imidazole rings is 1. The maximum Gasteiger partial charge on any atom is 0.433 e. The number of ether oxygens (including phenoxy) is 2. The first-order valence-electron chi connectivity index (χ1n) is 13.3. The second-order valence-electron chi connectivity index (χ2n) is 10.7. The third-order valence-electron chi connectivity index (χ3n) is 7.87. The SMILES string of the molecule is COC(=O)N1CCO[C@@H](Cc2c(-c3c(F)cc(C4=NC(C(F)(F)F)=CC[C@H]5CC45)cc3F)nc3cc(C)ccn23)C1. The number of aryl methyl sites for hydroxylation is 1. The number of fused-ring (bicyclic) bond motifs is 2. The number of amides is 1. The molecule has 0 radical (unpaired) electrons. The fourth-order valence-electron chi connectivity index (χ4n) is 5.72. The first kappa shape index (κ1) is 27.4. The van der Waals surface area contributed by atoms with E-state index in [1.165, 1.54) is 12.0 Å². The lowest BCUT2D eigenvalue weighted by Gasteiger charge is -2.32. The lowest BCUT2D eigenvalue weighted by molar-refractivity contribution is -0.0925. The molecule has 12 heteroatoms. The minimum absolute atomic E-state index is 0.0150. The van der Waals surface area contributed by atoms with Crippen LogP contribution < -0.4 is 0 Å². The van der Waals surface area contributed by atoms with E-state index >= 15 is 8.78 Å². The van der Waals surface area contributed by atoms with Crippen LogP contribution >= 0.6 is 0 Å². The van der Waals surface area contributed by atoms with Crippen molar-refractivity contribution in [3.63, 3.8) is 0 Å². The van der Waals surface area contributed by atoms with Gasteiger partial charge in [-0.1, -0.05) is 6.08 Å². The lowest BCUT2D eigenvalue weighted by atomic mass is 9.98. The molecular weight excluding hydrogens is 547 g/mol. The highest BCUT2D eigenvalue weighted by Crippen LogP contribution is 2.48. The van der Waals surface area contributed by atoms with Crippen molar-refractivity contribution < 1.29 is 36.2 Å². The Bertz CT molecular complexity index is 1570. The minimum atomic E-state index is -4.66. The Morgan fingerprint density at radius 1 is 1.20 bits per heavy atom. The Morgan fingerprint density at radius 3 is 2.66 bits per heavy atom. The molecule has 1 aliphatic carbocycles. The van der Waals surface area contributed by atoms with Gasteiger partial charge < -0.3 is 18.8 Å². The molecule has 1 saturated heterocycles. The van der Waals surface area contributed by atoms with Crippen molar-refractivity contribution in [2.24, 2.45) is 16.8 Å². The van der Waals surface area contributed by atoms with Gasteiger partial charge in [0.05, 0.1) is 49.0 Å². The molecule has 3 atom stereocenters. The van der Waals surface area contributed by atoms with Crippen LogP contribution in [0.1, 0.15) is 29.7 Å². The van der Waals surface area contributed by atoms with E-state index in [9.17, 15) is 18.0 Å². The van der Waals surface area contributed by atoms with E-state index in [-0.39, 0.29) is 60.4 Å². The number of carbonyl (C=O) groups excluding carboxylic acids is 1. The van der Waals surface area contributed by atoms with E-state index in [0.717, 1.165) is 23.8 Å². The van der Waals surface area contributed by atoms with Gasteiger partial charge in [0.1, 0.15) is 23.0 Å². The monoisotopic (exact) mass is 574 g/mol. The number of hydrogen-bond donors (Lipinski definition) is 0. The Morgan fingerprint density at radius 2 is 1.95 bits per heavy atom. The molecule has 1 amide bonds. The summed E-state index contributed by atoms with van der Waals surface area (Å²) in [4.78, 5) is 22.0. The number of benzene rings is 1. The van der Waals surface area contributed by atoms with Gasteiger partial charge in [-0.3, -0.25) is 0 Å². The summed E-state index contributed by atoms with van der Waals surface area (Å²) in [6.07, 6.45) is -1.83. The predicted molar refractivity (Wildman–Crippen MR) is 140 cm³/mol. The summed E-state index contributed by atoms with van der Waals surface area (Å²) in [5.41, 5.74) is 0.477. The molecule has 1 aromatic carbocycles. The van der Waals surface area contributed by atoms with Gasteiger partial charge in [-0.25, -0.2) is 23.6 Å². The molecule has 6 rings (SSSR count). The number of pyridine rings is 1. The zero-order valence-electron chi connectivity index (χ0n) is 22.3. The largest absolute Gasteiger partial charge is 0.453 e. The molecule has 1 unspecified atom stereocenters. The molecule has 2 fully saturated rings. The fourth-order valence-corrected chi connectivity index (χ4v) is 5.72. The van der Waals surface area contributed by atoms with Crippen LogP contribution in [0.5, 0.6) is 0 Å². The number of morpholine rings is 1. The van der Waals surface area contributed by atoms with Crippen molar-refractivity contribution in [3.8, 4) is 11.3 Å². The van der Waals surface area contributed by atoms with Crippen molar-refractivity contribution in [1.29, 1.82) is 0 Å². The number of rotatable bonds is 4. The lowest BCUT2D eigenvalue weighted by Crippen LogP contribution is -2.46. The molecule has 216 valence electrons. The van der Waals surface area contributed by atoms with E-state index in [1.54, 1.807) is 16.7 Å². The Kier molecular flexibility index (Phi) is 6.83. The molecule has 0 N–H and O–H groups in total. The van der Waals surface area contributed by atoms with Crippen molar-refractivity contribution in [3.05, 3.63) is 70.7 Å². The van der Waals surface area contributed by atoms with Crippen LogP contribution in [0.4, 0.5) is 26.7 Å². The van der Waals surface area contributed by atoms with Gasteiger partial charge >= 0.3 is 12.3 Å². The smallest absolute Gasteiger partial charge is 0.433 e. The van der Waals surface area contributed by atoms with E-state index in [4.69, 9.17) is 9.47 Å². The van der Waals surface area contributed by atoms with Gasteiger partial charge in [0, 0.05) is 30.6 Å². The van der Waals surface area contributed by atoms with Crippen molar-refractivity contribution in [2.75, 3.05) is 26.8 Å². The standard InChI is InChI=1S/C29H27F5N4O3/c1-15-5-6-38-22(13-18-14-37(7-8-41-18)28(39)40-2)27(36-24(38)9-15)25-20(30)11-17(12-21(25)31)26-19-10-16(19)3-4-23(35-26)29(32,33)34/h4-6,9,11-12,16,18-19H,3,7-8,10,13-14H2,1-2H3/t16-,18-,19?/m0/s1. The van der Waals surface area contributed by atoms with Gasteiger partial charge in [0.2, 0.25) is 0 Å². The molecule has 1 saturated carbocycles. The Labute approximate surface area is 232 Å². The molecular formula is C29H27F5N4O3. The summed E-state index contributed by atoms with van der Waals surface area (Å²) in [6.45, 7) is 2.70. The molecule has 2 aromatic heterocycles. The van der Waals surface area contributed by atoms with Gasteiger partial charge in [0.15, 0.2) is 0 Å². The number of alkyl halides is 3. The average molecular weight is 575 g/mol. The van der Waals surface area contributed by atoms with Crippen molar-refractivity contribution in [2.45, 2.75) is 38.5 Å². The predicted octanol–water partition coefficient (Wildman–Crippen LogP) is 5.87. The van der Waals surface area contributed by atoms with Gasteiger partial charge in [0.25, 0.3) is 0 Å². The summed E-state index contributed by atoms with van der Waals surface area (Å²) in [6, 6.07) is 5.70. The van der Waals surface area contributed by atoms with E-state index < -0.39 is 35.7 Å². The van der Waals surface area contributed by atoms with Gasteiger partial charge in [-0.05, 0) is 55.5 Å². The number of aromatic nitrogens is 2. The second kappa shape index (κ2) is 10.2. The van der Waals surface area contributed by atoms with Crippen LogP contribution in [0.3, 0.4) is 0 Å². The van der Waals surface area contributed by atoms with Crippen LogP contribution in [0.15, 0.2) is 47.2 Å². The van der Waals surface area contributed by atoms with Crippen molar-refractivity contribution >= 4 is 17.5 Å². The number of methoxy groups -OCH3 is 1. The van der Waals surface area contributed by atoms with Gasteiger partial charge in [-0.15, -0.1) is 0 Å². The number of nitrogens with zero attached hydrogens (tertiary/aromatic N) is 4.